The van der Waals surface area contributed by atoms with Crippen molar-refractivity contribution in [3.05, 3.63) is 17.7 Å². The highest BCUT2D eigenvalue weighted by molar-refractivity contribution is 5.71. The van der Waals surface area contributed by atoms with Crippen LogP contribution in [0.25, 0.3) is 0 Å². The summed E-state index contributed by atoms with van der Waals surface area (Å²) in [6.07, 6.45) is 1.76. The molecule has 0 aliphatic carbocycles. The molecular weight excluding hydrogens is 192 g/mol. The van der Waals surface area contributed by atoms with Crippen molar-refractivity contribution in [3.8, 4) is 0 Å². The van der Waals surface area contributed by atoms with E-state index in [1.165, 1.54) is 0 Å². The van der Waals surface area contributed by atoms with E-state index in [0.29, 0.717) is 13.2 Å². The van der Waals surface area contributed by atoms with Crippen LogP contribution in [0.2, 0.25) is 0 Å². The van der Waals surface area contributed by atoms with Crippen molar-refractivity contribution in [2.75, 3.05) is 6.61 Å². The Morgan fingerprint density at radius 3 is 2.73 bits per heavy atom. The van der Waals surface area contributed by atoms with Crippen molar-refractivity contribution in [2.45, 2.75) is 34.2 Å². The third-order valence-electron chi connectivity index (χ3n) is 2.50. The molecule has 0 aliphatic heterocycles. The molecule has 4 heteroatoms. The molecular formula is C11H18N2O2. The Bertz CT molecular complexity index is 344. The topological polar surface area (TPSA) is 44.1 Å². The van der Waals surface area contributed by atoms with Crippen molar-refractivity contribution in [2.24, 2.45) is 5.92 Å². The van der Waals surface area contributed by atoms with Gasteiger partial charge in [-0.3, -0.25) is 4.79 Å². The number of nitrogens with zero attached hydrogens (tertiary/aromatic N) is 2. The van der Waals surface area contributed by atoms with Crippen molar-refractivity contribution in [1.82, 2.24) is 9.55 Å². The zero-order valence-electron chi connectivity index (χ0n) is 9.78. The second-order valence-corrected chi connectivity index (χ2v) is 3.72. The van der Waals surface area contributed by atoms with Crippen molar-refractivity contribution >= 4 is 5.97 Å². The minimum Gasteiger partial charge on any atom is -0.466 e. The second kappa shape index (κ2) is 4.96. The molecule has 0 N–H and O–H groups in total. The monoisotopic (exact) mass is 210 g/mol. The predicted octanol–water partition coefficient (Wildman–Crippen LogP) is 1.70. The van der Waals surface area contributed by atoms with E-state index in [4.69, 9.17) is 4.74 Å². The standard InChI is InChI=1S/C11H18N2O2/c1-5-15-11(14)8(2)6-13-7-12-9(3)10(13)4/h7-8H,5-6H2,1-4H3. The summed E-state index contributed by atoms with van der Waals surface area (Å²) >= 11 is 0. The number of hydrogen-bond acceptors (Lipinski definition) is 3. The van der Waals surface area contributed by atoms with Crippen LogP contribution in [0.1, 0.15) is 25.2 Å². The number of hydrogen-bond donors (Lipinski definition) is 0. The number of aryl methyl sites for hydroxylation is 1. The van der Waals surface area contributed by atoms with Gasteiger partial charge >= 0.3 is 5.97 Å². The van der Waals surface area contributed by atoms with Gasteiger partial charge in [0, 0.05) is 12.2 Å². The van der Waals surface area contributed by atoms with Gasteiger partial charge in [-0.05, 0) is 20.8 Å². The van der Waals surface area contributed by atoms with Crippen LogP contribution in [-0.2, 0) is 16.1 Å². The van der Waals surface area contributed by atoms with Gasteiger partial charge in [0.05, 0.1) is 24.5 Å². The smallest absolute Gasteiger partial charge is 0.310 e. The Kier molecular flexibility index (Phi) is 3.88. The molecule has 0 radical (unpaired) electrons. The molecule has 0 amide bonds. The van der Waals surface area contributed by atoms with Gasteiger partial charge in [0.25, 0.3) is 0 Å². The highest BCUT2D eigenvalue weighted by Crippen LogP contribution is 2.09. The Labute approximate surface area is 90.3 Å². The Hall–Kier alpha value is -1.32. The van der Waals surface area contributed by atoms with Gasteiger partial charge in [0.15, 0.2) is 0 Å². The Balaban J connectivity index is 2.62. The van der Waals surface area contributed by atoms with Crippen LogP contribution in [0.4, 0.5) is 0 Å². The van der Waals surface area contributed by atoms with E-state index in [1.807, 2.05) is 32.3 Å². The molecule has 1 heterocycles. The number of aromatic nitrogens is 2. The van der Waals surface area contributed by atoms with Crippen molar-refractivity contribution in [1.29, 1.82) is 0 Å². The lowest BCUT2D eigenvalue weighted by atomic mass is 10.2. The first kappa shape index (κ1) is 11.8. The molecule has 84 valence electrons. The van der Waals surface area contributed by atoms with Gasteiger partial charge in [-0.2, -0.15) is 0 Å². The molecule has 4 nitrogen and oxygen atoms in total. The maximum Gasteiger partial charge on any atom is 0.310 e. The third kappa shape index (κ3) is 2.81. The molecule has 1 atom stereocenters. The Morgan fingerprint density at radius 2 is 2.27 bits per heavy atom. The van der Waals surface area contributed by atoms with Gasteiger partial charge < -0.3 is 9.30 Å². The average Bonchev–Trinajstić information content (AvgIpc) is 2.50. The molecule has 1 aromatic heterocycles. The zero-order chi connectivity index (χ0) is 11.4. The average molecular weight is 210 g/mol. The van der Waals surface area contributed by atoms with E-state index in [0.717, 1.165) is 11.4 Å². The summed E-state index contributed by atoms with van der Waals surface area (Å²) in [4.78, 5) is 15.6. The van der Waals surface area contributed by atoms with Crippen LogP contribution in [0.15, 0.2) is 6.33 Å². The molecule has 0 aromatic carbocycles. The summed E-state index contributed by atoms with van der Waals surface area (Å²) < 4.78 is 6.93. The summed E-state index contributed by atoms with van der Waals surface area (Å²) in [5.41, 5.74) is 2.11. The molecule has 0 saturated carbocycles. The van der Waals surface area contributed by atoms with Gasteiger partial charge in [-0.1, -0.05) is 6.92 Å². The molecule has 0 fully saturated rings. The molecule has 1 aromatic rings. The van der Waals surface area contributed by atoms with Crippen molar-refractivity contribution < 1.29 is 9.53 Å². The number of esters is 1. The van der Waals surface area contributed by atoms with E-state index < -0.39 is 0 Å². The maximum atomic E-state index is 11.4. The van der Waals surface area contributed by atoms with Gasteiger partial charge in [0.2, 0.25) is 0 Å². The SMILES string of the molecule is CCOC(=O)C(C)Cn1cnc(C)c1C. The van der Waals surface area contributed by atoms with E-state index in [1.54, 1.807) is 6.33 Å². The predicted molar refractivity (Wildman–Crippen MR) is 57.5 cm³/mol. The van der Waals surface area contributed by atoms with E-state index in [9.17, 15) is 4.79 Å². The lowest BCUT2D eigenvalue weighted by Crippen LogP contribution is -2.20. The van der Waals surface area contributed by atoms with Gasteiger partial charge in [-0.15, -0.1) is 0 Å². The van der Waals surface area contributed by atoms with Crippen LogP contribution in [0.5, 0.6) is 0 Å². The number of imidazole rings is 1. The first-order valence-electron chi connectivity index (χ1n) is 5.21. The maximum absolute atomic E-state index is 11.4. The first-order valence-corrected chi connectivity index (χ1v) is 5.21. The van der Waals surface area contributed by atoms with E-state index >= 15 is 0 Å². The van der Waals surface area contributed by atoms with Crippen LogP contribution in [-0.4, -0.2) is 22.1 Å². The fourth-order valence-electron chi connectivity index (χ4n) is 1.38. The normalized spacial score (nSPS) is 12.5. The molecule has 0 bridgehead atoms. The van der Waals surface area contributed by atoms with Crippen LogP contribution in [0.3, 0.4) is 0 Å². The third-order valence-corrected chi connectivity index (χ3v) is 2.50. The molecule has 15 heavy (non-hydrogen) atoms. The number of carbonyl (C=O) groups is 1. The van der Waals surface area contributed by atoms with E-state index in [-0.39, 0.29) is 11.9 Å². The van der Waals surface area contributed by atoms with Gasteiger partial charge in [-0.25, -0.2) is 4.98 Å². The summed E-state index contributed by atoms with van der Waals surface area (Å²) in [6.45, 7) is 8.71. The minimum absolute atomic E-state index is 0.128. The number of ether oxygens (including phenoxy) is 1. The molecule has 0 spiro atoms. The molecule has 1 rings (SSSR count). The van der Waals surface area contributed by atoms with Gasteiger partial charge in [0.1, 0.15) is 0 Å². The molecule has 0 saturated heterocycles. The fraction of sp³-hybridized carbons (Fsp3) is 0.636. The fourth-order valence-corrected chi connectivity index (χ4v) is 1.38. The summed E-state index contributed by atoms with van der Waals surface area (Å²) in [5.74, 6) is -0.277. The zero-order valence-corrected chi connectivity index (χ0v) is 9.78. The molecule has 1 unspecified atom stereocenters. The lowest BCUT2D eigenvalue weighted by Gasteiger charge is -2.12. The highest BCUT2D eigenvalue weighted by Gasteiger charge is 2.15. The molecule has 0 aliphatic rings. The quantitative estimate of drug-likeness (QED) is 0.710. The summed E-state index contributed by atoms with van der Waals surface area (Å²) in [7, 11) is 0. The summed E-state index contributed by atoms with van der Waals surface area (Å²) in [5, 5.41) is 0. The van der Waals surface area contributed by atoms with E-state index in [2.05, 4.69) is 4.98 Å². The van der Waals surface area contributed by atoms with Crippen LogP contribution in [0, 0.1) is 19.8 Å². The number of carbonyl (C=O) groups excluding carboxylic acids is 1. The number of rotatable bonds is 4. The highest BCUT2D eigenvalue weighted by atomic mass is 16.5. The van der Waals surface area contributed by atoms with Crippen LogP contribution < -0.4 is 0 Å². The largest absolute Gasteiger partial charge is 0.466 e. The first-order chi connectivity index (χ1) is 7.06. The lowest BCUT2D eigenvalue weighted by molar-refractivity contribution is -0.147. The Morgan fingerprint density at radius 1 is 1.60 bits per heavy atom. The van der Waals surface area contributed by atoms with Crippen molar-refractivity contribution in [3.63, 3.8) is 0 Å². The minimum atomic E-state index is -0.150. The second-order valence-electron chi connectivity index (χ2n) is 3.72. The summed E-state index contributed by atoms with van der Waals surface area (Å²) in [6, 6.07) is 0. The van der Waals surface area contributed by atoms with Crippen LogP contribution >= 0.6 is 0 Å².